The van der Waals surface area contributed by atoms with E-state index >= 15 is 4.39 Å². The minimum atomic E-state index is -0.542. The van der Waals surface area contributed by atoms with E-state index in [1.165, 1.54) is 4.57 Å². The first-order valence-corrected chi connectivity index (χ1v) is 16.7. The van der Waals surface area contributed by atoms with Crippen molar-refractivity contribution in [3.05, 3.63) is 93.8 Å². The van der Waals surface area contributed by atoms with Crippen LogP contribution < -0.4 is 17.2 Å². The summed E-state index contributed by atoms with van der Waals surface area (Å²) in [6, 6.07) is 13.0. The number of nitrogens with one attached hydrogen (secondary N) is 1. The normalized spacial score (nSPS) is 13.4. The van der Waals surface area contributed by atoms with Crippen molar-refractivity contribution in [1.82, 2.24) is 19.4 Å². The Hall–Kier alpha value is -3.86. The van der Waals surface area contributed by atoms with Crippen molar-refractivity contribution >= 4 is 28.5 Å². The Morgan fingerprint density at radius 3 is 2.60 bits per heavy atom. The highest BCUT2D eigenvalue weighted by atomic mass is 35.5. The molecule has 2 atom stereocenters. The number of rotatable bonds is 18. The smallest absolute Gasteiger partial charge is 0.354 e. The second-order valence-electron chi connectivity index (χ2n) is 12.0. The minimum Gasteiger partial charge on any atom is -0.388 e. The molecule has 0 aliphatic heterocycles. The van der Waals surface area contributed by atoms with Gasteiger partial charge in [0.25, 0.3) is 0 Å². The molecule has 0 bridgehead atoms. The Labute approximate surface area is 280 Å². The van der Waals surface area contributed by atoms with Gasteiger partial charge in [-0.2, -0.15) is 4.98 Å². The molecular weight excluding hydrogens is 620 g/mol. The zero-order valence-electron chi connectivity index (χ0n) is 27.3. The van der Waals surface area contributed by atoms with Crippen LogP contribution in [0.4, 0.5) is 8.78 Å². The van der Waals surface area contributed by atoms with Gasteiger partial charge in [-0.1, -0.05) is 43.2 Å². The van der Waals surface area contributed by atoms with Crippen LogP contribution in [0.15, 0.2) is 71.1 Å². The number of aliphatic imine (C=N–C) groups is 1. The summed E-state index contributed by atoms with van der Waals surface area (Å²) in [6.45, 7) is 9.30. The molecule has 0 aliphatic carbocycles. The molecule has 0 saturated carbocycles. The van der Waals surface area contributed by atoms with E-state index in [4.69, 9.17) is 23.1 Å². The number of benzene rings is 2. The summed E-state index contributed by atoms with van der Waals surface area (Å²) in [5.74, 6) is 0.0158. The van der Waals surface area contributed by atoms with Gasteiger partial charge in [-0.25, -0.2) is 9.18 Å². The molecule has 2 heterocycles. The molecule has 8 nitrogen and oxygen atoms in total. The van der Waals surface area contributed by atoms with Crippen LogP contribution in [0.2, 0.25) is 5.02 Å². The summed E-state index contributed by atoms with van der Waals surface area (Å²) < 4.78 is 29.9. The average molecular weight is 666 g/mol. The number of alkyl halides is 1. The second kappa shape index (κ2) is 17.3. The molecule has 0 radical (unpaired) electrons. The lowest BCUT2D eigenvalue weighted by Crippen LogP contribution is -2.32. The third kappa shape index (κ3) is 9.59. The molecule has 11 heteroatoms. The summed E-state index contributed by atoms with van der Waals surface area (Å²) in [4.78, 5) is 27.1. The van der Waals surface area contributed by atoms with Crippen LogP contribution in [-0.4, -0.2) is 57.6 Å². The van der Waals surface area contributed by atoms with Crippen LogP contribution >= 0.6 is 11.6 Å². The van der Waals surface area contributed by atoms with Gasteiger partial charge in [-0.3, -0.25) is 18.8 Å². The van der Waals surface area contributed by atoms with Crippen LogP contribution in [0, 0.1) is 5.82 Å². The van der Waals surface area contributed by atoms with Gasteiger partial charge in [-0.15, -0.1) is 6.58 Å². The summed E-state index contributed by atoms with van der Waals surface area (Å²) in [5.41, 5.74) is 15.0. The Bertz CT molecular complexity index is 1710. The van der Waals surface area contributed by atoms with Gasteiger partial charge in [0, 0.05) is 48.9 Å². The number of halogens is 3. The number of nitrogens with two attached hydrogens (primary N) is 2. The molecule has 2 aromatic heterocycles. The quantitative estimate of drug-likeness (QED) is 0.0447. The van der Waals surface area contributed by atoms with Crippen LogP contribution in [0.1, 0.15) is 69.5 Å². The molecular formula is C36H46ClF2N7O. The van der Waals surface area contributed by atoms with E-state index in [1.807, 2.05) is 24.3 Å². The van der Waals surface area contributed by atoms with Crippen molar-refractivity contribution in [1.29, 1.82) is 0 Å². The first-order chi connectivity index (χ1) is 22.6. The van der Waals surface area contributed by atoms with Gasteiger partial charge >= 0.3 is 5.69 Å². The third-order valence-corrected chi connectivity index (χ3v) is 8.57. The average Bonchev–Trinajstić information content (AvgIpc) is 3.47. The molecule has 4 aromatic rings. The van der Waals surface area contributed by atoms with Gasteiger partial charge in [-0.05, 0) is 86.9 Å². The van der Waals surface area contributed by atoms with E-state index in [1.54, 1.807) is 37.4 Å². The van der Waals surface area contributed by atoms with Crippen molar-refractivity contribution in [3.63, 3.8) is 0 Å². The van der Waals surface area contributed by atoms with E-state index in [9.17, 15) is 9.18 Å². The number of H-pyrrole nitrogens is 1. The van der Waals surface area contributed by atoms with E-state index in [0.29, 0.717) is 59.7 Å². The number of aromatic amines is 1. The van der Waals surface area contributed by atoms with E-state index in [2.05, 4.69) is 33.4 Å². The predicted octanol–water partition coefficient (Wildman–Crippen LogP) is 7.28. The second-order valence-corrected chi connectivity index (χ2v) is 12.4. The number of aromatic nitrogens is 3. The number of nitrogens with zero attached hydrogens (tertiary/aromatic N) is 4. The molecule has 252 valence electrons. The largest absolute Gasteiger partial charge is 0.388 e. The van der Waals surface area contributed by atoms with Gasteiger partial charge in [0.2, 0.25) is 0 Å². The monoisotopic (exact) mass is 665 g/mol. The van der Waals surface area contributed by atoms with E-state index in [-0.39, 0.29) is 23.8 Å². The highest BCUT2D eigenvalue weighted by Crippen LogP contribution is 2.32. The first-order valence-electron chi connectivity index (χ1n) is 16.3. The molecule has 2 aromatic carbocycles. The summed E-state index contributed by atoms with van der Waals surface area (Å²) in [5, 5.41) is 0.679. The molecule has 0 spiro atoms. The Morgan fingerprint density at radius 2 is 1.91 bits per heavy atom. The van der Waals surface area contributed by atoms with Crippen molar-refractivity contribution in [2.45, 2.75) is 70.9 Å². The Morgan fingerprint density at radius 1 is 1.17 bits per heavy atom. The fourth-order valence-corrected chi connectivity index (χ4v) is 6.12. The van der Waals surface area contributed by atoms with Crippen LogP contribution in [0.5, 0.6) is 0 Å². The number of hydrogen-bond acceptors (Lipinski definition) is 5. The number of amidine groups is 1. The molecule has 0 saturated heterocycles. The summed E-state index contributed by atoms with van der Waals surface area (Å²) in [7, 11) is 0. The van der Waals surface area contributed by atoms with Crippen molar-refractivity contribution in [2.24, 2.45) is 16.5 Å². The molecule has 0 aliphatic rings. The van der Waals surface area contributed by atoms with E-state index in [0.717, 1.165) is 49.8 Å². The minimum absolute atomic E-state index is 0.0283. The summed E-state index contributed by atoms with van der Waals surface area (Å²) >= 11 is 6.28. The molecule has 4 rings (SSSR count). The number of fused-ring (bicyclic) bond motifs is 1. The maximum Gasteiger partial charge on any atom is 0.354 e. The standard InChI is InChI=1S/C36H46ClF2N7O/c1-4-9-33(45(18-7-16-38)19-8-17-42-24(3)40)26-12-14-29(15-13-26)46-23-27-22-32(43-35(27)44-36(46)47)30-20-25(21-31(37)34(30)39)10-6-11-28(41)5-2/h5,12-15,20-23,28,33H,2,4,6-11,16-19,41H2,1,3H3,(H2,40,42)(H,43,44,47). The van der Waals surface area contributed by atoms with Crippen molar-refractivity contribution in [3.8, 4) is 16.9 Å². The maximum absolute atomic E-state index is 15.2. The van der Waals surface area contributed by atoms with Crippen LogP contribution in [0.25, 0.3) is 28.0 Å². The summed E-state index contributed by atoms with van der Waals surface area (Å²) in [6.07, 6.45) is 8.83. The highest BCUT2D eigenvalue weighted by molar-refractivity contribution is 6.31. The fraction of sp³-hybridized carbons (Fsp3) is 0.417. The molecule has 2 unspecified atom stereocenters. The number of hydrogen-bond donors (Lipinski definition) is 3. The molecule has 5 N–H and O–H groups in total. The van der Waals surface area contributed by atoms with Gasteiger partial charge in [0.05, 0.1) is 28.9 Å². The fourth-order valence-electron chi connectivity index (χ4n) is 5.88. The molecule has 0 fully saturated rings. The number of aryl methyl sites for hydroxylation is 1. The van der Waals surface area contributed by atoms with Gasteiger partial charge in [0.1, 0.15) is 5.65 Å². The van der Waals surface area contributed by atoms with E-state index < -0.39 is 11.5 Å². The van der Waals surface area contributed by atoms with Crippen LogP contribution in [0.3, 0.4) is 0 Å². The third-order valence-electron chi connectivity index (χ3n) is 8.29. The zero-order chi connectivity index (χ0) is 33.9. The predicted molar refractivity (Wildman–Crippen MR) is 190 cm³/mol. The van der Waals surface area contributed by atoms with Crippen molar-refractivity contribution in [2.75, 3.05) is 26.3 Å². The lowest BCUT2D eigenvalue weighted by molar-refractivity contribution is 0.177. The Balaban J connectivity index is 1.59. The lowest BCUT2D eigenvalue weighted by atomic mass is 9.99. The van der Waals surface area contributed by atoms with Crippen molar-refractivity contribution < 1.29 is 8.78 Å². The molecule has 47 heavy (non-hydrogen) atoms. The molecule has 0 amide bonds. The Kier molecular flexibility index (Phi) is 13.3. The van der Waals surface area contributed by atoms with Crippen LogP contribution in [-0.2, 0) is 6.42 Å². The van der Waals surface area contributed by atoms with Gasteiger partial charge < -0.3 is 16.5 Å². The SMILES string of the molecule is C=CC(N)CCCc1cc(Cl)c(F)c(-c2cc3cn(-c4ccc(C(CCC)N(CCCF)CCCN=C(C)N)cc4)c(=O)nc3[nH]2)c1. The van der Waals surface area contributed by atoms with Gasteiger partial charge in [0.15, 0.2) is 5.82 Å². The lowest BCUT2D eigenvalue weighted by Gasteiger charge is -2.32. The topological polar surface area (TPSA) is 118 Å². The first kappa shape index (κ1) is 36.0. The highest BCUT2D eigenvalue weighted by Gasteiger charge is 2.20. The zero-order valence-corrected chi connectivity index (χ0v) is 28.1. The maximum atomic E-state index is 15.2.